The first kappa shape index (κ1) is 36.0. The van der Waals surface area contributed by atoms with Gasteiger partial charge in [0.15, 0.2) is 12.5 Å². The largest absolute Gasteiger partial charge is 0.387 e. The molecule has 0 bridgehead atoms. The molecule has 2 fully saturated rings. The maximum atomic E-state index is 12.4. The Morgan fingerprint density at radius 2 is 1.58 bits per heavy atom. The molecule has 0 aliphatic carbocycles. The molecular weight excluding hydrogens is 624 g/mol. The second kappa shape index (κ2) is 17.4. The fourth-order valence-corrected chi connectivity index (χ4v) is 6.34. The highest BCUT2D eigenvalue weighted by molar-refractivity contribution is 5.14. The van der Waals surface area contributed by atoms with E-state index in [0.29, 0.717) is 12.2 Å². The number of hydrogen-bond donors (Lipinski definition) is 6. The van der Waals surface area contributed by atoms with E-state index in [2.05, 4.69) is 39.6 Å². The number of nitrogens with two attached hydrogens (primary N) is 1. The molecule has 9 atom stereocenters. The zero-order chi connectivity index (χ0) is 34.0. The first-order chi connectivity index (χ1) is 23.2. The lowest BCUT2D eigenvalue weighted by molar-refractivity contribution is -0.220. The zero-order valence-electron chi connectivity index (χ0n) is 27.0. The van der Waals surface area contributed by atoms with Crippen LogP contribution in [0.4, 0.5) is 0 Å². The summed E-state index contributed by atoms with van der Waals surface area (Å²) in [5.41, 5.74) is 6.09. The Bertz CT molecular complexity index is 1520. The van der Waals surface area contributed by atoms with Crippen LogP contribution in [0, 0.1) is 0 Å². The monoisotopic (exact) mass is 672 g/mol. The second-order valence-corrected chi connectivity index (χ2v) is 12.7. The van der Waals surface area contributed by atoms with E-state index in [1.807, 2.05) is 6.07 Å². The van der Waals surface area contributed by atoms with Gasteiger partial charge in [-0.3, -0.25) is 19.0 Å². The predicted octanol–water partition coefficient (Wildman–Crippen LogP) is 0.144. The number of nitrogens with zero attached hydrogens (tertiary/aromatic N) is 4. The molecule has 15 nitrogen and oxygen atoms in total. The molecule has 2 aromatic heterocycles. The number of nitrogens with one attached hydrogen (secondary N) is 1. The first-order valence-electron chi connectivity index (χ1n) is 16.9. The maximum absolute atomic E-state index is 12.4. The molecule has 2 aliphatic rings. The molecule has 0 unspecified atom stereocenters. The first-order valence-corrected chi connectivity index (χ1v) is 16.9. The molecule has 0 amide bonds. The van der Waals surface area contributed by atoms with Gasteiger partial charge in [0.2, 0.25) is 0 Å². The Labute approximate surface area is 278 Å². The minimum absolute atomic E-state index is 0.0297. The molecule has 2 saturated heterocycles. The van der Waals surface area contributed by atoms with Crippen LogP contribution >= 0.6 is 0 Å². The SMILES string of the molecule is NC[C@H]1O[C@@H](O[C@@H](Cc2cn(CCCCCCCCCCc3ccccc3)nn2)[C@H]2O[C@@H](n3ccc(=O)[nH]c3=O)[C@H](O)[C@@H]2O)[C@H](O)[C@@H]1O. The number of H-pyrrole nitrogens is 1. The van der Waals surface area contributed by atoms with Gasteiger partial charge in [-0.15, -0.1) is 5.10 Å². The number of aromatic nitrogens is 5. The topological polar surface area (TPSA) is 220 Å². The second-order valence-electron chi connectivity index (χ2n) is 12.7. The molecule has 0 spiro atoms. The van der Waals surface area contributed by atoms with Crippen LogP contribution in [0.5, 0.6) is 0 Å². The number of rotatable bonds is 18. The van der Waals surface area contributed by atoms with E-state index in [0.717, 1.165) is 42.5 Å². The van der Waals surface area contributed by atoms with Crippen LogP contribution in [0.15, 0.2) is 58.4 Å². The zero-order valence-corrected chi connectivity index (χ0v) is 27.0. The molecule has 264 valence electrons. The van der Waals surface area contributed by atoms with E-state index in [4.69, 9.17) is 19.9 Å². The highest BCUT2D eigenvalue weighted by Crippen LogP contribution is 2.34. The van der Waals surface area contributed by atoms with E-state index < -0.39 is 66.5 Å². The molecule has 4 heterocycles. The van der Waals surface area contributed by atoms with Gasteiger partial charge in [-0.1, -0.05) is 74.1 Å². The quantitative estimate of drug-likeness (QED) is 0.0995. The van der Waals surface area contributed by atoms with Gasteiger partial charge in [-0.05, 0) is 24.8 Å². The van der Waals surface area contributed by atoms with Crippen molar-refractivity contribution in [3.8, 4) is 0 Å². The summed E-state index contributed by atoms with van der Waals surface area (Å²) < 4.78 is 20.3. The molecule has 48 heavy (non-hydrogen) atoms. The molecular formula is C33H48N6O9. The van der Waals surface area contributed by atoms with E-state index in [1.54, 1.807) is 10.9 Å². The summed E-state index contributed by atoms with van der Waals surface area (Å²) in [6.45, 7) is 0.604. The average molecular weight is 673 g/mol. The summed E-state index contributed by atoms with van der Waals surface area (Å²) in [5.74, 6) is 0. The molecule has 0 saturated carbocycles. The number of ether oxygens (including phenoxy) is 3. The van der Waals surface area contributed by atoms with Gasteiger partial charge in [0.25, 0.3) is 5.56 Å². The molecule has 15 heteroatoms. The van der Waals surface area contributed by atoms with Crippen molar-refractivity contribution < 1.29 is 34.6 Å². The van der Waals surface area contributed by atoms with Crippen molar-refractivity contribution in [3.05, 3.63) is 80.9 Å². The van der Waals surface area contributed by atoms with Crippen LogP contribution in [0.25, 0.3) is 0 Å². The van der Waals surface area contributed by atoms with E-state index in [1.165, 1.54) is 37.7 Å². The molecule has 0 radical (unpaired) electrons. The molecule has 7 N–H and O–H groups in total. The smallest absolute Gasteiger partial charge is 0.330 e. The average Bonchev–Trinajstić information content (AvgIpc) is 3.74. The van der Waals surface area contributed by atoms with E-state index >= 15 is 0 Å². The highest BCUT2D eigenvalue weighted by atomic mass is 16.7. The number of aliphatic hydroxyl groups excluding tert-OH is 4. The highest BCUT2D eigenvalue weighted by Gasteiger charge is 2.51. The van der Waals surface area contributed by atoms with Crippen LogP contribution in [-0.2, 0) is 33.6 Å². The van der Waals surface area contributed by atoms with Crippen molar-refractivity contribution in [2.24, 2.45) is 5.73 Å². The third-order valence-corrected chi connectivity index (χ3v) is 9.07. The number of aliphatic hydroxyl groups is 4. The fraction of sp³-hybridized carbons (Fsp3) is 0.636. The summed E-state index contributed by atoms with van der Waals surface area (Å²) in [5, 5.41) is 51.2. The number of unbranched alkanes of at least 4 members (excludes halogenated alkanes) is 7. The van der Waals surface area contributed by atoms with Gasteiger partial charge in [0, 0.05) is 38.0 Å². The Morgan fingerprint density at radius 1 is 0.875 bits per heavy atom. The van der Waals surface area contributed by atoms with Crippen molar-refractivity contribution in [1.82, 2.24) is 24.5 Å². The standard InChI is InChI=1S/C33H48N6O9/c34-19-24-26(41)29(44)32(47-24)46-23(30-27(42)28(43)31(48-30)39-17-15-25(40)35-33(39)45)18-22-20-38(37-36-22)16-11-6-4-2-1-3-5-8-12-21-13-9-7-10-14-21/h7,9-10,13-15,17,20,23-24,26-32,41-44H,1-6,8,11-12,16,18-19,34H2,(H,35,40,45)/t23-,24+,26+,27-,28+,29+,30+,31+,32+/m0/s1. The van der Waals surface area contributed by atoms with Crippen LogP contribution in [0.2, 0.25) is 0 Å². The van der Waals surface area contributed by atoms with Gasteiger partial charge in [0.1, 0.15) is 36.6 Å². The minimum Gasteiger partial charge on any atom is -0.387 e. The number of aromatic amines is 1. The van der Waals surface area contributed by atoms with Gasteiger partial charge in [-0.25, -0.2) is 4.79 Å². The van der Waals surface area contributed by atoms with Crippen LogP contribution in [0.1, 0.15) is 68.9 Å². The lowest BCUT2D eigenvalue weighted by atomic mass is 10.0. The Hall–Kier alpha value is -3.28. The molecule has 3 aromatic rings. The summed E-state index contributed by atoms with van der Waals surface area (Å²) >= 11 is 0. The van der Waals surface area contributed by atoms with Crippen LogP contribution in [0.3, 0.4) is 0 Å². The van der Waals surface area contributed by atoms with E-state index in [-0.39, 0.29) is 13.0 Å². The number of benzene rings is 1. The Balaban J connectivity index is 1.13. The Kier molecular flexibility index (Phi) is 13.1. The molecule has 5 rings (SSSR count). The minimum atomic E-state index is -1.56. The van der Waals surface area contributed by atoms with Gasteiger partial charge in [0.05, 0.1) is 11.8 Å². The maximum Gasteiger partial charge on any atom is 0.330 e. The lowest BCUT2D eigenvalue weighted by Crippen LogP contribution is -2.45. The van der Waals surface area contributed by atoms with Crippen LogP contribution < -0.4 is 17.0 Å². The number of hydrogen-bond acceptors (Lipinski definition) is 12. The van der Waals surface area contributed by atoms with E-state index in [9.17, 15) is 30.0 Å². The molecule has 1 aromatic carbocycles. The summed E-state index contributed by atoms with van der Waals surface area (Å²) in [7, 11) is 0. The molecule has 2 aliphatic heterocycles. The van der Waals surface area contributed by atoms with Gasteiger partial charge in [-0.2, -0.15) is 0 Å². The lowest BCUT2D eigenvalue weighted by Gasteiger charge is -2.29. The number of aryl methyl sites for hydroxylation is 2. The Morgan fingerprint density at radius 3 is 2.27 bits per heavy atom. The summed E-state index contributed by atoms with van der Waals surface area (Å²) in [6, 6.07) is 11.7. The van der Waals surface area contributed by atoms with Gasteiger partial charge < -0.3 is 40.4 Å². The van der Waals surface area contributed by atoms with Crippen molar-refractivity contribution in [2.75, 3.05) is 6.54 Å². The predicted molar refractivity (Wildman–Crippen MR) is 173 cm³/mol. The summed E-state index contributed by atoms with van der Waals surface area (Å²) in [6.07, 6.45) is 1.70. The summed E-state index contributed by atoms with van der Waals surface area (Å²) in [4.78, 5) is 26.1. The fourth-order valence-electron chi connectivity index (χ4n) is 6.34. The van der Waals surface area contributed by atoms with Crippen molar-refractivity contribution >= 4 is 0 Å². The van der Waals surface area contributed by atoms with Crippen molar-refractivity contribution in [2.45, 2.75) is 126 Å². The normalized spacial score (nSPS) is 27.9. The van der Waals surface area contributed by atoms with Gasteiger partial charge >= 0.3 is 5.69 Å². The third kappa shape index (κ3) is 9.24. The van der Waals surface area contributed by atoms with Crippen molar-refractivity contribution in [1.29, 1.82) is 0 Å². The van der Waals surface area contributed by atoms with Crippen LogP contribution in [-0.4, -0.2) is 101 Å². The van der Waals surface area contributed by atoms with Crippen molar-refractivity contribution in [3.63, 3.8) is 0 Å². The third-order valence-electron chi connectivity index (χ3n) is 9.07.